The molecule has 0 bridgehead atoms. The van der Waals surface area contributed by atoms with E-state index in [0.717, 1.165) is 33.4 Å². The van der Waals surface area contributed by atoms with Crippen LogP contribution in [0.1, 0.15) is 12.7 Å². The smallest absolute Gasteiger partial charge is 0.294 e. The zero-order valence-electron chi connectivity index (χ0n) is 21.1. The minimum absolute atomic E-state index is 0.213. The Hall–Kier alpha value is -4.14. The number of para-hydroxylation sites is 2. The molecule has 2 aliphatic heterocycles. The second-order valence-corrected chi connectivity index (χ2v) is 10.7. The van der Waals surface area contributed by atoms with E-state index in [1.54, 1.807) is 23.1 Å². The molecule has 2 saturated heterocycles. The third-order valence-corrected chi connectivity index (χ3v) is 7.97. The number of allylic oxidation sites excluding steroid dienone is 3. The number of furan rings is 1. The quantitative estimate of drug-likeness (QED) is 0.255. The van der Waals surface area contributed by atoms with Gasteiger partial charge in [-0.1, -0.05) is 24.1 Å². The maximum Gasteiger partial charge on any atom is 0.294 e. The van der Waals surface area contributed by atoms with Gasteiger partial charge in [-0.2, -0.15) is 0 Å². The number of piperazine rings is 1. The van der Waals surface area contributed by atoms with Crippen molar-refractivity contribution >= 4 is 57.7 Å². The largest absolute Gasteiger partial charge is 0.450 e. The predicted octanol–water partition coefficient (Wildman–Crippen LogP) is 4.58. The minimum atomic E-state index is -0.504. The molecule has 1 aromatic carbocycles. The Bertz CT molecular complexity index is 1520. The normalized spacial score (nSPS) is 17.7. The summed E-state index contributed by atoms with van der Waals surface area (Å²) in [5.74, 6) is 2.15. The number of hydrogen-bond donors (Lipinski definition) is 1. The van der Waals surface area contributed by atoms with Crippen molar-refractivity contribution in [3.05, 3.63) is 71.0 Å². The van der Waals surface area contributed by atoms with Gasteiger partial charge < -0.3 is 19.2 Å². The number of imide groups is 1. The van der Waals surface area contributed by atoms with Crippen molar-refractivity contribution < 1.29 is 18.8 Å². The van der Waals surface area contributed by atoms with E-state index in [0.29, 0.717) is 42.2 Å². The van der Waals surface area contributed by atoms with Gasteiger partial charge in [0.05, 0.1) is 15.9 Å². The van der Waals surface area contributed by atoms with Gasteiger partial charge in [0.15, 0.2) is 10.2 Å². The van der Waals surface area contributed by atoms with Crippen LogP contribution in [0.5, 0.6) is 0 Å². The molecule has 9 nitrogen and oxygen atoms in total. The molecule has 2 aliphatic rings. The Morgan fingerprint density at radius 3 is 2.69 bits per heavy atom. The Kier molecular flexibility index (Phi) is 7.95. The first-order valence-electron chi connectivity index (χ1n) is 12.2. The van der Waals surface area contributed by atoms with Gasteiger partial charge in [-0.3, -0.25) is 19.3 Å². The first-order valence-corrected chi connectivity index (χ1v) is 13.9. The molecule has 5 rings (SSSR count). The van der Waals surface area contributed by atoms with Crippen molar-refractivity contribution in [3.8, 4) is 12.3 Å². The molecule has 3 aromatic rings. The van der Waals surface area contributed by atoms with Gasteiger partial charge in [0, 0.05) is 38.0 Å². The number of fused-ring (bicyclic) bond motifs is 1. The summed E-state index contributed by atoms with van der Waals surface area (Å²) in [6, 6.07) is 11.2. The summed E-state index contributed by atoms with van der Waals surface area (Å²) in [5, 5.41) is 0.796. The number of nitrogens with one attached hydrogen (secondary N) is 1. The van der Waals surface area contributed by atoms with Crippen molar-refractivity contribution in [2.24, 2.45) is 0 Å². The number of hydrogen-bond acceptors (Lipinski definition) is 8. The molecule has 198 valence electrons. The zero-order chi connectivity index (χ0) is 27.4. The maximum absolute atomic E-state index is 13.0. The van der Waals surface area contributed by atoms with Gasteiger partial charge in [-0.15, -0.1) is 6.42 Å². The first-order chi connectivity index (χ1) is 18.9. The van der Waals surface area contributed by atoms with E-state index >= 15 is 0 Å². The third kappa shape index (κ3) is 5.97. The van der Waals surface area contributed by atoms with Crippen LogP contribution in [0.2, 0.25) is 0 Å². The van der Waals surface area contributed by atoms with E-state index in [4.69, 9.17) is 10.8 Å². The fraction of sp³-hybridized carbons (Fsp3) is 0.214. The summed E-state index contributed by atoms with van der Waals surface area (Å²) in [5.41, 5.74) is 2.78. The Labute approximate surface area is 234 Å². The first kappa shape index (κ1) is 26.5. The molecule has 3 amide bonds. The molecular formula is C28H25N5O4S2. The summed E-state index contributed by atoms with van der Waals surface area (Å²) in [4.78, 5) is 51.2. The number of nitrogens with zero attached hydrogens (tertiary/aromatic N) is 4. The fourth-order valence-electron chi connectivity index (χ4n) is 4.27. The van der Waals surface area contributed by atoms with E-state index in [2.05, 4.69) is 20.8 Å². The number of carbonyl (C=O) groups excluding carboxylic acids is 3. The van der Waals surface area contributed by atoms with Gasteiger partial charge >= 0.3 is 0 Å². The topological polar surface area (TPSA) is 103 Å². The average Bonchev–Trinajstić information content (AvgIpc) is 3.63. The number of rotatable bonds is 7. The van der Waals surface area contributed by atoms with E-state index in [9.17, 15) is 14.4 Å². The number of aromatic amines is 1. The highest BCUT2D eigenvalue weighted by Gasteiger charge is 2.37. The Balaban J connectivity index is 1.18. The summed E-state index contributed by atoms with van der Waals surface area (Å²) < 4.78 is 5.83. The van der Waals surface area contributed by atoms with Crippen molar-refractivity contribution in [1.82, 2.24) is 24.7 Å². The highest BCUT2D eigenvalue weighted by molar-refractivity contribution is 8.18. The van der Waals surface area contributed by atoms with Crippen LogP contribution in [0.25, 0.3) is 17.1 Å². The number of thioether (sulfide) groups is 1. The number of imidazole rings is 1. The highest BCUT2D eigenvalue weighted by atomic mass is 32.2. The maximum atomic E-state index is 13.0. The van der Waals surface area contributed by atoms with Crippen molar-refractivity contribution in [2.75, 3.05) is 32.7 Å². The van der Waals surface area contributed by atoms with Crippen LogP contribution in [0.15, 0.2) is 79.9 Å². The zero-order valence-corrected chi connectivity index (χ0v) is 22.8. The SMILES string of the molecule is C#C/C=C\C(=C/C)N1CCN(C(=O)CN2C(=O)S/C(=C\c3ccc(Sc4nc5ccccc5[nH]4)o3)C2=O)CC1. The summed E-state index contributed by atoms with van der Waals surface area (Å²) in [6.07, 6.45) is 12.3. The summed E-state index contributed by atoms with van der Waals surface area (Å²) >= 11 is 2.12. The predicted molar refractivity (Wildman–Crippen MR) is 151 cm³/mol. The van der Waals surface area contributed by atoms with Gasteiger partial charge in [0.25, 0.3) is 11.1 Å². The average molecular weight is 560 g/mol. The monoisotopic (exact) mass is 559 g/mol. The standard InChI is InChI=1S/C28H25N5O4S2/c1-3-5-8-19(4-2)31-13-15-32(16-14-31)24(34)18-33-26(35)23(38-28(33)36)17-20-11-12-25(37-20)39-27-29-21-9-6-7-10-22(21)30-27/h1,4-12,17H,13-16,18H2,2H3,(H,29,30)/b8-5-,19-4+,23-17-. The van der Waals surface area contributed by atoms with Crippen LogP contribution in [-0.2, 0) is 9.59 Å². The molecule has 4 heterocycles. The number of benzene rings is 1. The molecule has 39 heavy (non-hydrogen) atoms. The Morgan fingerprint density at radius 1 is 1.18 bits per heavy atom. The number of aromatic nitrogens is 2. The van der Waals surface area contributed by atoms with Crippen LogP contribution >= 0.6 is 23.5 Å². The molecule has 0 saturated carbocycles. The van der Waals surface area contributed by atoms with Crippen molar-refractivity contribution in [3.63, 3.8) is 0 Å². The van der Waals surface area contributed by atoms with Crippen molar-refractivity contribution in [2.45, 2.75) is 17.2 Å². The molecular weight excluding hydrogens is 534 g/mol. The van der Waals surface area contributed by atoms with Gasteiger partial charge in [-0.25, -0.2) is 4.98 Å². The fourth-order valence-corrected chi connectivity index (χ4v) is 5.86. The van der Waals surface area contributed by atoms with E-state index < -0.39 is 11.1 Å². The second kappa shape index (κ2) is 11.7. The van der Waals surface area contributed by atoms with Gasteiger partial charge in [0.1, 0.15) is 12.3 Å². The molecule has 0 aliphatic carbocycles. The van der Waals surface area contributed by atoms with Crippen LogP contribution < -0.4 is 0 Å². The van der Waals surface area contributed by atoms with Crippen LogP contribution in [0, 0.1) is 12.3 Å². The lowest BCUT2D eigenvalue weighted by molar-refractivity contribution is -0.137. The van der Waals surface area contributed by atoms with E-state index in [1.165, 1.54) is 17.8 Å². The van der Waals surface area contributed by atoms with E-state index in [-0.39, 0.29) is 17.4 Å². The number of terminal acetylenes is 1. The van der Waals surface area contributed by atoms with Gasteiger partial charge in [0.2, 0.25) is 5.91 Å². The van der Waals surface area contributed by atoms with Crippen LogP contribution in [0.3, 0.4) is 0 Å². The molecule has 2 aromatic heterocycles. The molecule has 0 spiro atoms. The third-order valence-electron chi connectivity index (χ3n) is 6.25. The number of carbonyl (C=O) groups is 3. The lowest BCUT2D eigenvalue weighted by Gasteiger charge is -2.37. The van der Waals surface area contributed by atoms with Gasteiger partial charge in [-0.05, 0) is 66.9 Å². The Morgan fingerprint density at radius 2 is 1.95 bits per heavy atom. The molecule has 0 unspecified atom stereocenters. The number of amides is 3. The minimum Gasteiger partial charge on any atom is -0.450 e. The van der Waals surface area contributed by atoms with Crippen LogP contribution in [0.4, 0.5) is 4.79 Å². The molecule has 1 N–H and O–H groups in total. The molecule has 2 fully saturated rings. The second-order valence-electron chi connectivity index (χ2n) is 8.67. The van der Waals surface area contributed by atoms with Crippen molar-refractivity contribution in [1.29, 1.82) is 0 Å². The number of H-pyrrole nitrogens is 1. The summed E-state index contributed by atoms with van der Waals surface area (Å²) in [6.45, 7) is 3.89. The van der Waals surface area contributed by atoms with Crippen LogP contribution in [-0.4, -0.2) is 74.4 Å². The molecule has 0 atom stereocenters. The lowest BCUT2D eigenvalue weighted by Crippen LogP contribution is -2.51. The summed E-state index contributed by atoms with van der Waals surface area (Å²) in [7, 11) is 0. The lowest BCUT2D eigenvalue weighted by atomic mass is 10.2. The molecule has 11 heteroatoms. The van der Waals surface area contributed by atoms with E-state index in [1.807, 2.05) is 43.3 Å². The molecule has 0 radical (unpaired) electrons. The highest BCUT2D eigenvalue weighted by Crippen LogP contribution is 2.34.